The van der Waals surface area contributed by atoms with Crippen LogP contribution in [0.2, 0.25) is 5.02 Å². The Balaban J connectivity index is 1.90. The molecule has 98 valence electrons. The first-order valence-electron chi connectivity index (χ1n) is 6.01. The van der Waals surface area contributed by atoms with Crippen molar-refractivity contribution < 1.29 is 9.53 Å². The molecule has 1 N–H and O–H groups in total. The molecule has 1 atom stereocenters. The minimum Gasteiger partial charge on any atom is -0.378 e. The lowest BCUT2D eigenvalue weighted by Gasteiger charge is -2.22. The van der Waals surface area contributed by atoms with Crippen LogP contribution in [0.15, 0.2) is 18.2 Å². The Labute approximate surface area is 125 Å². The van der Waals surface area contributed by atoms with Gasteiger partial charge in [-0.3, -0.25) is 4.79 Å². The molecule has 0 bridgehead atoms. The van der Waals surface area contributed by atoms with E-state index in [2.05, 4.69) is 27.9 Å². The fourth-order valence-electron chi connectivity index (χ4n) is 1.97. The second-order valence-electron chi connectivity index (χ2n) is 4.37. The largest absolute Gasteiger partial charge is 0.378 e. The quantitative estimate of drug-likeness (QED) is 0.810. The molecule has 1 aliphatic rings. The lowest BCUT2D eigenvalue weighted by atomic mass is 10.1. The van der Waals surface area contributed by atoms with Crippen molar-refractivity contribution >= 4 is 45.8 Å². The average molecular weight is 380 g/mol. The van der Waals surface area contributed by atoms with Crippen molar-refractivity contribution in [3.8, 4) is 0 Å². The van der Waals surface area contributed by atoms with E-state index in [0.29, 0.717) is 17.1 Å². The van der Waals surface area contributed by atoms with Crippen LogP contribution in [0, 0.1) is 3.57 Å². The Kier molecular flexibility index (Phi) is 5.26. The third-order valence-corrected chi connectivity index (χ3v) is 3.88. The predicted molar refractivity (Wildman–Crippen MR) is 81.0 cm³/mol. The summed E-state index contributed by atoms with van der Waals surface area (Å²) in [6.45, 7) is 0.766. The Morgan fingerprint density at radius 1 is 1.50 bits per heavy atom. The first kappa shape index (κ1) is 14.1. The average Bonchev–Trinajstić information content (AvgIpc) is 2.34. The summed E-state index contributed by atoms with van der Waals surface area (Å²) in [6, 6.07) is 5.57. The van der Waals surface area contributed by atoms with E-state index in [1.807, 2.05) is 18.2 Å². The van der Waals surface area contributed by atoms with E-state index in [1.54, 1.807) is 0 Å². The number of carbonyl (C=O) groups excluding carboxylic acids is 1. The van der Waals surface area contributed by atoms with Gasteiger partial charge in [-0.05, 0) is 60.1 Å². The first-order valence-corrected chi connectivity index (χ1v) is 7.47. The van der Waals surface area contributed by atoms with Gasteiger partial charge in [0.15, 0.2) is 0 Å². The van der Waals surface area contributed by atoms with Crippen LogP contribution < -0.4 is 5.32 Å². The van der Waals surface area contributed by atoms with Crippen molar-refractivity contribution in [2.75, 3.05) is 11.9 Å². The molecular formula is C13H15ClINO2. The number of ether oxygens (including phenoxy) is 1. The maximum absolute atomic E-state index is 11.9. The van der Waals surface area contributed by atoms with Crippen molar-refractivity contribution in [1.82, 2.24) is 0 Å². The molecule has 1 fully saturated rings. The highest BCUT2D eigenvalue weighted by atomic mass is 127. The van der Waals surface area contributed by atoms with Gasteiger partial charge in [-0.2, -0.15) is 0 Å². The highest BCUT2D eigenvalue weighted by Gasteiger charge is 2.18. The molecule has 18 heavy (non-hydrogen) atoms. The fraction of sp³-hybridized carbons (Fsp3) is 0.462. The van der Waals surface area contributed by atoms with Gasteiger partial charge in [-0.15, -0.1) is 0 Å². The molecule has 1 saturated heterocycles. The summed E-state index contributed by atoms with van der Waals surface area (Å²) >= 11 is 8.25. The van der Waals surface area contributed by atoms with Crippen LogP contribution in [0.25, 0.3) is 0 Å². The Morgan fingerprint density at radius 2 is 2.33 bits per heavy atom. The van der Waals surface area contributed by atoms with Crippen molar-refractivity contribution in [2.24, 2.45) is 0 Å². The van der Waals surface area contributed by atoms with E-state index in [-0.39, 0.29) is 12.0 Å². The van der Waals surface area contributed by atoms with E-state index >= 15 is 0 Å². The van der Waals surface area contributed by atoms with E-state index in [4.69, 9.17) is 16.3 Å². The van der Waals surface area contributed by atoms with Crippen LogP contribution >= 0.6 is 34.2 Å². The molecule has 0 radical (unpaired) electrons. The standard InChI is InChI=1S/C13H15ClINO2/c14-11-7-9(15)4-5-12(11)16-13(17)8-10-3-1-2-6-18-10/h4-5,7,10H,1-3,6,8H2,(H,16,17). The van der Waals surface area contributed by atoms with Gasteiger partial charge in [0.2, 0.25) is 5.91 Å². The van der Waals surface area contributed by atoms with Crippen molar-refractivity contribution in [3.63, 3.8) is 0 Å². The van der Waals surface area contributed by atoms with Gasteiger partial charge in [0.25, 0.3) is 0 Å². The van der Waals surface area contributed by atoms with Crippen molar-refractivity contribution in [1.29, 1.82) is 0 Å². The van der Waals surface area contributed by atoms with Gasteiger partial charge in [0.1, 0.15) is 0 Å². The van der Waals surface area contributed by atoms with Gasteiger partial charge in [-0.1, -0.05) is 11.6 Å². The minimum absolute atomic E-state index is 0.0370. The van der Waals surface area contributed by atoms with E-state index in [1.165, 1.54) is 0 Å². The molecule has 5 heteroatoms. The molecule has 2 rings (SSSR count). The zero-order valence-electron chi connectivity index (χ0n) is 9.92. The molecule has 1 amide bonds. The van der Waals surface area contributed by atoms with Crippen LogP contribution in [-0.4, -0.2) is 18.6 Å². The molecule has 0 spiro atoms. The first-order chi connectivity index (χ1) is 8.65. The summed E-state index contributed by atoms with van der Waals surface area (Å²) in [5.74, 6) is -0.0370. The van der Waals surface area contributed by atoms with Gasteiger partial charge < -0.3 is 10.1 Å². The van der Waals surface area contributed by atoms with Gasteiger partial charge in [0.05, 0.1) is 23.2 Å². The van der Waals surface area contributed by atoms with Gasteiger partial charge >= 0.3 is 0 Å². The number of anilines is 1. The Morgan fingerprint density at radius 3 is 3.00 bits per heavy atom. The number of benzene rings is 1. The minimum atomic E-state index is -0.0370. The van der Waals surface area contributed by atoms with Gasteiger partial charge in [-0.25, -0.2) is 0 Å². The predicted octanol–water partition coefficient (Wildman–Crippen LogP) is 3.84. The summed E-state index contributed by atoms with van der Waals surface area (Å²) in [5.41, 5.74) is 0.665. The summed E-state index contributed by atoms with van der Waals surface area (Å²) in [6.07, 6.45) is 3.67. The summed E-state index contributed by atoms with van der Waals surface area (Å²) in [7, 11) is 0. The zero-order chi connectivity index (χ0) is 13.0. The molecule has 1 aliphatic heterocycles. The summed E-state index contributed by atoms with van der Waals surface area (Å²) in [4.78, 5) is 11.9. The molecule has 1 aromatic rings. The number of nitrogens with one attached hydrogen (secondary N) is 1. The fourth-order valence-corrected chi connectivity index (χ4v) is 2.87. The van der Waals surface area contributed by atoms with Crippen LogP contribution in [0.5, 0.6) is 0 Å². The smallest absolute Gasteiger partial charge is 0.227 e. The van der Waals surface area contributed by atoms with Crippen molar-refractivity contribution in [3.05, 3.63) is 26.8 Å². The topological polar surface area (TPSA) is 38.3 Å². The van der Waals surface area contributed by atoms with Crippen LogP contribution in [-0.2, 0) is 9.53 Å². The van der Waals surface area contributed by atoms with E-state index < -0.39 is 0 Å². The summed E-state index contributed by atoms with van der Waals surface area (Å²) in [5, 5.41) is 3.40. The van der Waals surface area contributed by atoms with Crippen LogP contribution in [0.1, 0.15) is 25.7 Å². The number of hydrogen-bond donors (Lipinski definition) is 1. The SMILES string of the molecule is O=C(CC1CCCCO1)Nc1ccc(I)cc1Cl. The number of rotatable bonds is 3. The monoisotopic (exact) mass is 379 g/mol. The van der Waals surface area contributed by atoms with E-state index in [0.717, 1.165) is 29.4 Å². The third-order valence-electron chi connectivity index (χ3n) is 2.89. The molecule has 3 nitrogen and oxygen atoms in total. The number of hydrogen-bond acceptors (Lipinski definition) is 2. The maximum Gasteiger partial charge on any atom is 0.227 e. The number of amides is 1. The number of halogens is 2. The normalized spacial score (nSPS) is 19.6. The molecule has 0 aromatic heterocycles. The third kappa shape index (κ3) is 4.10. The molecule has 1 aromatic carbocycles. The lowest BCUT2D eigenvalue weighted by molar-refractivity contribution is -0.119. The Hall–Kier alpha value is -0.330. The maximum atomic E-state index is 11.9. The molecule has 1 heterocycles. The second kappa shape index (κ2) is 6.73. The number of carbonyl (C=O) groups is 1. The zero-order valence-corrected chi connectivity index (χ0v) is 12.8. The Bertz CT molecular complexity index is 433. The van der Waals surface area contributed by atoms with Crippen molar-refractivity contribution in [2.45, 2.75) is 31.8 Å². The molecular weight excluding hydrogens is 365 g/mol. The molecule has 0 aliphatic carbocycles. The molecule has 0 saturated carbocycles. The highest BCUT2D eigenvalue weighted by Crippen LogP contribution is 2.24. The highest BCUT2D eigenvalue weighted by molar-refractivity contribution is 14.1. The second-order valence-corrected chi connectivity index (χ2v) is 6.02. The molecule has 1 unspecified atom stereocenters. The van der Waals surface area contributed by atoms with E-state index in [9.17, 15) is 4.79 Å². The van der Waals surface area contributed by atoms with Crippen LogP contribution in [0.3, 0.4) is 0 Å². The summed E-state index contributed by atoms with van der Waals surface area (Å²) < 4.78 is 6.59. The van der Waals surface area contributed by atoms with Crippen LogP contribution in [0.4, 0.5) is 5.69 Å². The lowest BCUT2D eigenvalue weighted by Crippen LogP contribution is -2.25. The van der Waals surface area contributed by atoms with Gasteiger partial charge in [0, 0.05) is 10.2 Å².